The van der Waals surface area contributed by atoms with Gasteiger partial charge in [0.15, 0.2) is 5.78 Å². The van der Waals surface area contributed by atoms with Crippen LogP contribution in [-0.2, 0) is 4.79 Å². The summed E-state index contributed by atoms with van der Waals surface area (Å²) < 4.78 is 0. The third-order valence-corrected chi connectivity index (χ3v) is 8.28. The van der Waals surface area contributed by atoms with Gasteiger partial charge < -0.3 is 10.2 Å². The second-order valence-electron chi connectivity index (χ2n) is 9.19. The van der Waals surface area contributed by atoms with Crippen LogP contribution in [-0.4, -0.2) is 27.7 Å². The standard InChI is InChI=1S/C21H30O3/c1-13(22)21(24)11-8-18-16-5-4-14-12-15(23)6-9-19(14,2)17(16)7-10-20(18,21)3/h4-5,15,17-18,23-24H,6-12H2,1-3H3/t15-,17-,18-,19-,20-,21-/m0/s1. The van der Waals surface area contributed by atoms with Crippen LogP contribution in [0.3, 0.4) is 0 Å². The highest BCUT2D eigenvalue weighted by Crippen LogP contribution is 2.65. The van der Waals surface area contributed by atoms with E-state index >= 15 is 0 Å². The Labute approximate surface area is 144 Å². The van der Waals surface area contributed by atoms with Crippen LogP contribution in [0.2, 0.25) is 0 Å². The van der Waals surface area contributed by atoms with E-state index in [0.717, 1.165) is 38.5 Å². The van der Waals surface area contributed by atoms with E-state index in [1.165, 1.54) is 11.1 Å². The lowest BCUT2D eigenvalue weighted by atomic mass is 9.50. The number of hydrogen-bond acceptors (Lipinski definition) is 3. The maximum Gasteiger partial charge on any atom is 0.161 e. The Kier molecular flexibility index (Phi) is 3.48. The molecule has 3 heteroatoms. The monoisotopic (exact) mass is 330 g/mol. The number of aliphatic hydroxyl groups excluding tert-OH is 1. The van der Waals surface area contributed by atoms with E-state index in [-0.39, 0.29) is 22.7 Å². The van der Waals surface area contributed by atoms with Crippen molar-refractivity contribution in [2.75, 3.05) is 0 Å². The predicted molar refractivity (Wildman–Crippen MR) is 93.3 cm³/mol. The van der Waals surface area contributed by atoms with Crippen molar-refractivity contribution in [2.24, 2.45) is 22.7 Å². The zero-order valence-corrected chi connectivity index (χ0v) is 15.1. The lowest BCUT2D eigenvalue weighted by Gasteiger charge is -2.55. The summed E-state index contributed by atoms with van der Waals surface area (Å²) in [5.74, 6) is 0.759. The van der Waals surface area contributed by atoms with Gasteiger partial charge >= 0.3 is 0 Å². The van der Waals surface area contributed by atoms with Gasteiger partial charge in [0.2, 0.25) is 0 Å². The van der Waals surface area contributed by atoms with Crippen LogP contribution in [0.15, 0.2) is 23.3 Å². The number of allylic oxidation sites excluding steroid dienone is 3. The molecule has 0 saturated heterocycles. The van der Waals surface area contributed by atoms with Gasteiger partial charge in [0, 0.05) is 5.41 Å². The third-order valence-electron chi connectivity index (χ3n) is 8.28. The van der Waals surface area contributed by atoms with E-state index in [9.17, 15) is 15.0 Å². The topological polar surface area (TPSA) is 57.5 Å². The highest BCUT2D eigenvalue weighted by molar-refractivity contribution is 5.86. The maximum atomic E-state index is 12.2. The molecule has 3 saturated carbocycles. The maximum absolute atomic E-state index is 12.2. The highest BCUT2D eigenvalue weighted by Gasteiger charge is 2.63. The molecule has 0 aromatic rings. The SMILES string of the molecule is CC(=O)[C@@]1(O)CC[C@H]2C3=CC=C4C[C@@H](O)CC[C@]4(C)[C@H]3CC[C@@]21C. The first-order valence-electron chi connectivity index (χ1n) is 9.55. The van der Waals surface area contributed by atoms with Crippen molar-refractivity contribution < 1.29 is 15.0 Å². The summed E-state index contributed by atoms with van der Waals surface area (Å²) >= 11 is 0. The summed E-state index contributed by atoms with van der Waals surface area (Å²) in [6.45, 7) is 6.06. The number of carbonyl (C=O) groups is 1. The normalized spacial score (nSPS) is 50.3. The Hall–Kier alpha value is -0.930. The minimum Gasteiger partial charge on any atom is -0.393 e. The molecule has 0 aromatic heterocycles. The fraction of sp³-hybridized carbons (Fsp3) is 0.762. The zero-order chi connectivity index (χ0) is 17.3. The van der Waals surface area contributed by atoms with E-state index in [1.807, 2.05) is 0 Å². The molecule has 24 heavy (non-hydrogen) atoms. The molecule has 4 aliphatic rings. The van der Waals surface area contributed by atoms with Crippen molar-refractivity contribution in [3.63, 3.8) is 0 Å². The third kappa shape index (κ3) is 1.89. The lowest BCUT2D eigenvalue weighted by molar-refractivity contribution is -0.150. The van der Waals surface area contributed by atoms with Crippen LogP contribution >= 0.6 is 0 Å². The van der Waals surface area contributed by atoms with Gasteiger partial charge in [0.1, 0.15) is 5.60 Å². The molecule has 2 N–H and O–H groups in total. The Morgan fingerprint density at radius 1 is 1.08 bits per heavy atom. The van der Waals surface area contributed by atoms with Crippen LogP contribution in [0.5, 0.6) is 0 Å². The Morgan fingerprint density at radius 3 is 2.50 bits per heavy atom. The van der Waals surface area contributed by atoms with E-state index in [1.54, 1.807) is 6.92 Å². The molecule has 0 aromatic carbocycles. The van der Waals surface area contributed by atoms with Gasteiger partial charge in [-0.2, -0.15) is 0 Å². The molecule has 3 nitrogen and oxygen atoms in total. The van der Waals surface area contributed by atoms with Crippen LogP contribution in [0, 0.1) is 22.7 Å². The number of aliphatic hydroxyl groups is 2. The van der Waals surface area contributed by atoms with Crippen molar-refractivity contribution >= 4 is 5.78 Å². The second-order valence-corrected chi connectivity index (χ2v) is 9.19. The molecule has 0 unspecified atom stereocenters. The molecule has 3 fully saturated rings. The van der Waals surface area contributed by atoms with Crippen LogP contribution in [0.25, 0.3) is 0 Å². The Bertz CT molecular complexity index is 647. The smallest absolute Gasteiger partial charge is 0.161 e. The van der Waals surface area contributed by atoms with Crippen molar-refractivity contribution in [1.29, 1.82) is 0 Å². The quantitative estimate of drug-likeness (QED) is 0.773. The molecule has 132 valence electrons. The molecular formula is C21H30O3. The Morgan fingerprint density at radius 2 is 1.79 bits per heavy atom. The first-order valence-corrected chi connectivity index (χ1v) is 9.55. The number of ketones is 1. The number of Topliss-reactive ketones (excluding diaryl/α,β-unsaturated/α-hetero) is 1. The molecule has 0 heterocycles. The highest BCUT2D eigenvalue weighted by atomic mass is 16.3. The van der Waals surface area contributed by atoms with Gasteiger partial charge in [-0.1, -0.05) is 37.1 Å². The summed E-state index contributed by atoms with van der Waals surface area (Å²) in [6, 6.07) is 0. The Balaban J connectivity index is 1.75. The van der Waals surface area contributed by atoms with Crippen molar-refractivity contribution in [2.45, 2.75) is 77.4 Å². The van der Waals surface area contributed by atoms with Gasteiger partial charge in [-0.05, 0) is 69.1 Å². The van der Waals surface area contributed by atoms with Gasteiger partial charge in [-0.3, -0.25) is 4.79 Å². The molecule has 0 aliphatic heterocycles. The van der Waals surface area contributed by atoms with E-state index in [2.05, 4.69) is 26.0 Å². The lowest BCUT2D eigenvalue weighted by Crippen LogP contribution is -2.54. The fourth-order valence-electron chi connectivity index (χ4n) is 6.58. The van der Waals surface area contributed by atoms with Crippen molar-refractivity contribution in [3.8, 4) is 0 Å². The molecule has 4 aliphatic carbocycles. The second kappa shape index (κ2) is 5.04. The summed E-state index contributed by atoms with van der Waals surface area (Å²) in [5, 5.41) is 21.2. The number of rotatable bonds is 1. The van der Waals surface area contributed by atoms with Crippen LogP contribution in [0.4, 0.5) is 0 Å². The van der Waals surface area contributed by atoms with Gasteiger partial charge in [0.05, 0.1) is 6.10 Å². The average molecular weight is 330 g/mol. The minimum atomic E-state index is -1.16. The van der Waals surface area contributed by atoms with Gasteiger partial charge in [-0.15, -0.1) is 0 Å². The zero-order valence-electron chi connectivity index (χ0n) is 15.1. The van der Waals surface area contributed by atoms with E-state index in [4.69, 9.17) is 0 Å². The number of fused-ring (bicyclic) bond motifs is 5. The fourth-order valence-corrected chi connectivity index (χ4v) is 6.58. The van der Waals surface area contributed by atoms with Crippen molar-refractivity contribution in [1.82, 2.24) is 0 Å². The number of carbonyl (C=O) groups excluding carboxylic acids is 1. The van der Waals surface area contributed by atoms with Crippen molar-refractivity contribution in [3.05, 3.63) is 23.3 Å². The average Bonchev–Trinajstić information content (AvgIpc) is 2.81. The van der Waals surface area contributed by atoms with Gasteiger partial charge in [0.25, 0.3) is 0 Å². The number of hydrogen-bond donors (Lipinski definition) is 2. The largest absolute Gasteiger partial charge is 0.393 e. The molecule has 4 rings (SSSR count). The van der Waals surface area contributed by atoms with E-state index in [0.29, 0.717) is 18.3 Å². The summed E-state index contributed by atoms with van der Waals surface area (Å²) in [4.78, 5) is 12.2. The first kappa shape index (κ1) is 16.5. The van der Waals surface area contributed by atoms with Gasteiger partial charge in [-0.25, -0.2) is 0 Å². The molecule has 0 bridgehead atoms. The summed E-state index contributed by atoms with van der Waals surface area (Å²) in [5.41, 5.74) is 1.54. The predicted octanol–water partition coefficient (Wildman–Crippen LogP) is 3.55. The molecule has 0 radical (unpaired) electrons. The first-order chi connectivity index (χ1) is 11.2. The minimum absolute atomic E-state index is 0.0643. The summed E-state index contributed by atoms with van der Waals surface area (Å²) in [7, 11) is 0. The summed E-state index contributed by atoms with van der Waals surface area (Å²) in [6.07, 6.45) is 10.5. The van der Waals surface area contributed by atoms with E-state index < -0.39 is 5.60 Å². The molecule has 0 spiro atoms. The molecule has 0 amide bonds. The van der Waals surface area contributed by atoms with Crippen LogP contribution < -0.4 is 0 Å². The molecular weight excluding hydrogens is 300 g/mol. The van der Waals surface area contributed by atoms with Crippen LogP contribution in [0.1, 0.15) is 65.7 Å². The molecule has 6 atom stereocenters.